The van der Waals surface area contributed by atoms with Crippen molar-refractivity contribution in [2.45, 2.75) is 55.1 Å². The third-order valence-electron chi connectivity index (χ3n) is 6.98. The molecule has 0 aromatic heterocycles. The molecule has 2 fully saturated rings. The number of carbonyl (C=O) groups excluding carboxylic acids is 3. The van der Waals surface area contributed by atoms with Gasteiger partial charge in [0.25, 0.3) is 0 Å². The summed E-state index contributed by atoms with van der Waals surface area (Å²) in [6, 6.07) is -0.728. The van der Waals surface area contributed by atoms with E-state index >= 15 is 0 Å². The highest BCUT2D eigenvalue weighted by Crippen LogP contribution is 2.65. The summed E-state index contributed by atoms with van der Waals surface area (Å²) in [5, 5.41) is 9.66. The fraction of sp³-hybridized carbons (Fsp3) is 0.696. The molecule has 1 unspecified atom stereocenters. The lowest BCUT2D eigenvalue weighted by Crippen LogP contribution is -2.54. The monoisotopic (exact) mass is 448 g/mol. The van der Waals surface area contributed by atoms with Crippen molar-refractivity contribution in [2.75, 3.05) is 32.8 Å². The number of esters is 1. The number of nitrogens with zero attached hydrogens (tertiary/aromatic N) is 2. The van der Waals surface area contributed by atoms with Crippen LogP contribution in [0.25, 0.3) is 0 Å². The van der Waals surface area contributed by atoms with Crippen LogP contribution in [0.1, 0.15) is 39.5 Å². The minimum atomic E-state index is -0.851. The molecule has 4 aliphatic heterocycles. The van der Waals surface area contributed by atoms with Crippen molar-refractivity contribution >= 4 is 29.5 Å². The fourth-order valence-electron chi connectivity index (χ4n) is 5.64. The predicted molar refractivity (Wildman–Crippen MR) is 118 cm³/mol. The first-order valence-electron chi connectivity index (χ1n) is 11.3. The van der Waals surface area contributed by atoms with Crippen LogP contribution in [0.5, 0.6) is 0 Å². The lowest BCUT2D eigenvalue weighted by atomic mass is 9.74. The third-order valence-corrected chi connectivity index (χ3v) is 8.77. The largest absolute Gasteiger partial charge is 0.465 e. The van der Waals surface area contributed by atoms with Gasteiger partial charge in [0, 0.05) is 24.4 Å². The fourth-order valence-corrected chi connectivity index (χ4v) is 7.79. The van der Waals surface area contributed by atoms with Crippen LogP contribution in [0.15, 0.2) is 24.3 Å². The van der Waals surface area contributed by atoms with Crippen molar-refractivity contribution < 1.29 is 24.2 Å². The zero-order chi connectivity index (χ0) is 22.2. The van der Waals surface area contributed by atoms with E-state index in [1.54, 1.807) is 0 Å². The molecule has 0 aliphatic carbocycles. The quantitative estimate of drug-likeness (QED) is 0.379. The van der Waals surface area contributed by atoms with Gasteiger partial charge < -0.3 is 19.6 Å². The SMILES string of the molecule is CCCCCN1CC=C[C@]23S[C@@]4(C)C=CCCOC(=O)[C@H]4[C@H]2C(=O)N(CCO)C3C1=O. The topological polar surface area (TPSA) is 87.2 Å². The summed E-state index contributed by atoms with van der Waals surface area (Å²) < 4.78 is 4.00. The molecule has 0 bridgehead atoms. The Labute approximate surface area is 187 Å². The number of ether oxygens (including phenoxy) is 1. The van der Waals surface area contributed by atoms with Gasteiger partial charge in [-0.05, 0) is 19.8 Å². The molecular weight excluding hydrogens is 416 g/mol. The first kappa shape index (κ1) is 22.4. The zero-order valence-electron chi connectivity index (χ0n) is 18.3. The molecule has 4 rings (SSSR count). The maximum absolute atomic E-state index is 13.8. The Morgan fingerprint density at radius 2 is 1.94 bits per heavy atom. The van der Waals surface area contributed by atoms with E-state index in [0.717, 1.165) is 19.3 Å². The normalized spacial score (nSPS) is 37.1. The number of aliphatic hydroxyl groups is 1. The number of cyclic esters (lactones) is 1. The third kappa shape index (κ3) is 3.52. The maximum Gasteiger partial charge on any atom is 0.311 e. The Morgan fingerprint density at radius 1 is 1.13 bits per heavy atom. The molecule has 8 heteroatoms. The number of thioether (sulfide) groups is 1. The minimum absolute atomic E-state index is 0.0824. The molecule has 170 valence electrons. The van der Waals surface area contributed by atoms with E-state index < -0.39 is 27.4 Å². The number of hydrogen-bond acceptors (Lipinski definition) is 6. The summed E-state index contributed by atoms with van der Waals surface area (Å²) in [7, 11) is 0. The van der Waals surface area contributed by atoms with Crippen LogP contribution in [0.4, 0.5) is 0 Å². The molecule has 2 saturated heterocycles. The van der Waals surface area contributed by atoms with Gasteiger partial charge in [-0.3, -0.25) is 14.4 Å². The molecule has 1 spiro atoms. The first-order valence-corrected chi connectivity index (χ1v) is 12.1. The minimum Gasteiger partial charge on any atom is -0.465 e. The number of amides is 2. The Bertz CT molecular complexity index is 814. The number of fused-ring (bicyclic) bond motifs is 2. The number of β-amino-alcohol motifs (C(OH)–C–C–N with tert-alkyl or cyclic N) is 1. The Hall–Kier alpha value is -1.80. The molecule has 0 aromatic rings. The molecule has 1 N–H and O–H groups in total. The van der Waals surface area contributed by atoms with Gasteiger partial charge in [0.15, 0.2) is 0 Å². The Kier molecular flexibility index (Phi) is 6.23. The highest BCUT2D eigenvalue weighted by atomic mass is 32.2. The van der Waals surface area contributed by atoms with Crippen LogP contribution in [0.2, 0.25) is 0 Å². The highest BCUT2D eigenvalue weighted by molar-refractivity contribution is 8.02. The summed E-state index contributed by atoms with van der Waals surface area (Å²) in [5.74, 6) is -2.06. The van der Waals surface area contributed by atoms with Gasteiger partial charge in [0.1, 0.15) is 6.04 Å². The lowest BCUT2D eigenvalue weighted by molar-refractivity contribution is -0.154. The molecule has 4 heterocycles. The van der Waals surface area contributed by atoms with Gasteiger partial charge in [-0.25, -0.2) is 0 Å². The summed E-state index contributed by atoms with van der Waals surface area (Å²) in [6.07, 6.45) is 11.7. The van der Waals surface area contributed by atoms with Crippen LogP contribution in [-0.4, -0.2) is 81.1 Å². The van der Waals surface area contributed by atoms with Crippen molar-refractivity contribution in [3.8, 4) is 0 Å². The van der Waals surface area contributed by atoms with E-state index in [2.05, 4.69) is 6.92 Å². The van der Waals surface area contributed by atoms with Gasteiger partial charge >= 0.3 is 5.97 Å². The van der Waals surface area contributed by atoms with Gasteiger partial charge in [-0.2, -0.15) is 0 Å². The lowest BCUT2D eigenvalue weighted by Gasteiger charge is -2.36. The molecule has 0 radical (unpaired) electrons. The highest BCUT2D eigenvalue weighted by Gasteiger charge is 2.73. The molecule has 2 amide bonds. The number of rotatable bonds is 6. The molecule has 5 atom stereocenters. The summed E-state index contributed by atoms with van der Waals surface area (Å²) in [5.41, 5.74) is 0. The second-order valence-corrected chi connectivity index (χ2v) is 10.8. The smallest absolute Gasteiger partial charge is 0.311 e. The van der Waals surface area contributed by atoms with Crippen molar-refractivity contribution in [3.63, 3.8) is 0 Å². The Morgan fingerprint density at radius 3 is 2.68 bits per heavy atom. The molecule has 4 aliphatic rings. The standard InChI is InChI=1S/C23H32N2O5S/c1-3-4-6-11-24-12-8-10-23-16(19(27)25(13-14-26)18(23)20(24)28)17-21(29)30-15-7-5-9-22(17,2)31-23/h5,8-10,16-18,26H,3-4,6-7,11-15H2,1-2H3/t16-,17+,18?,22-,23-/m0/s1. The maximum atomic E-state index is 13.8. The zero-order valence-corrected chi connectivity index (χ0v) is 19.1. The number of aliphatic hydroxyl groups excluding tert-OH is 1. The van der Waals surface area contributed by atoms with Gasteiger partial charge in [-0.1, -0.05) is 44.1 Å². The van der Waals surface area contributed by atoms with Crippen LogP contribution in [0.3, 0.4) is 0 Å². The van der Waals surface area contributed by atoms with Crippen molar-refractivity contribution in [2.24, 2.45) is 11.8 Å². The molecular formula is C23H32N2O5S. The molecule has 0 saturated carbocycles. The molecule has 7 nitrogen and oxygen atoms in total. The summed E-state index contributed by atoms with van der Waals surface area (Å²) in [4.78, 5) is 43.9. The number of hydrogen-bond donors (Lipinski definition) is 1. The van der Waals surface area contributed by atoms with E-state index in [-0.39, 0.29) is 30.9 Å². The molecule has 31 heavy (non-hydrogen) atoms. The average Bonchev–Trinajstić information content (AvgIpc) is 3.04. The van der Waals surface area contributed by atoms with Gasteiger partial charge in [0.2, 0.25) is 11.8 Å². The second-order valence-electron chi connectivity index (χ2n) is 9.00. The van der Waals surface area contributed by atoms with Gasteiger partial charge in [-0.15, -0.1) is 11.8 Å². The predicted octanol–water partition coefficient (Wildman–Crippen LogP) is 1.76. The van der Waals surface area contributed by atoms with Crippen molar-refractivity contribution in [3.05, 3.63) is 24.3 Å². The average molecular weight is 449 g/mol. The number of likely N-dealkylation sites (tertiary alicyclic amines) is 1. The Balaban J connectivity index is 1.78. The van der Waals surface area contributed by atoms with E-state index in [1.165, 1.54) is 16.7 Å². The van der Waals surface area contributed by atoms with Crippen LogP contribution < -0.4 is 0 Å². The first-order chi connectivity index (χ1) is 14.9. The second kappa shape index (κ2) is 8.62. The van der Waals surface area contributed by atoms with Crippen LogP contribution in [-0.2, 0) is 19.1 Å². The number of carbonyl (C=O) groups is 3. The summed E-state index contributed by atoms with van der Waals surface area (Å²) >= 11 is 1.54. The van der Waals surface area contributed by atoms with E-state index in [0.29, 0.717) is 26.1 Å². The number of unbranched alkanes of at least 4 members (excludes halogenated alkanes) is 2. The van der Waals surface area contributed by atoms with Crippen LogP contribution >= 0.6 is 11.8 Å². The molecule has 0 aromatic carbocycles. The van der Waals surface area contributed by atoms with E-state index in [4.69, 9.17) is 4.74 Å². The van der Waals surface area contributed by atoms with Crippen molar-refractivity contribution in [1.82, 2.24) is 9.80 Å². The van der Waals surface area contributed by atoms with Crippen molar-refractivity contribution in [1.29, 1.82) is 0 Å². The van der Waals surface area contributed by atoms with E-state index in [9.17, 15) is 19.5 Å². The van der Waals surface area contributed by atoms with Gasteiger partial charge in [0.05, 0.1) is 29.8 Å². The van der Waals surface area contributed by atoms with E-state index in [1.807, 2.05) is 36.1 Å². The summed E-state index contributed by atoms with van der Waals surface area (Å²) in [6.45, 7) is 5.39. The van der Waals surface area contributed by atoms with Crippen LogP contribution in [0, 0.1) is 11.8 Å².